The lowest BCUT2D eigenvalue weighted by atomic mass is 10.3. The lowest BCUT2D eigenvalue weighted by molar-refractivity contribution is 0.198. The molecule has 0 saturated carbocycles. The van der Waals surface area contributed by atoms with Crippen molar-refractivity contribution >= 4 is 6.01 Å². The highest BCUT2D eigenvalue weighted by Crippen LogP contribution is 2.05. The quantitative estimate of drug-likeness (QED) is 0.657. The summed E-state index contributed by atoms with van der Waals surface area (Å²) < 4.78 is 10.4. The minimum Gasteiger partial charge on any atom is -0.407 e. The number of nitrogens with one attached hydrogen (secondary N) is 2. The van der Waals surface area contributed by atoms with Crippen molar-refractivity contribution in [3.63, 3.8) is 0 Å². The highest BCUT2D eigenvalue weighted by Gasteiger charge is 2.04. The van der Waals surface area contributed by atoms with E-state index in [0.717, 1.165) is 18.7 Å². The van der Waals surface area contributed by atoms with Crippen LogP contribution in [0.4, 0.5) is 6.01 Å². The fraction of sp³-hybridized carbons (Fsp3) is 0.462. The molecule has 7 heteroatoms. The molecule has 0 bridgehead atoms. The van der Waals surface area contributed by atoms with E-state index in [4.69, 9.17) is 9.15 Å². The van der Waals surface area contributed by atoms with Gasteiger partial charge in [0, 0.05) is 38.5 Å². The Morgan fingerprint density at radius 3 is 3.00 bits per heavy atom. The molecule has 0 aromatic carbocycles. The number of rotatable bonds is 9. The molecule has 0 aliphatic heterocycles. The number of aromatic nitrogens is 3. The van der Waals surface area contributed by atoms with Crippen molar-refractivity contribution in [1.82, 2.24) is 20.5 Å². The predicted octanol–water partition coefficient (Wildman–Crippen LogP) is 0.855. The van der Waals surface area contributed by atoms with Crippen molar-refractivity contribution in [2.75, 3.05) is 32.1 Å². The fourth-order valence-electron chi connectivity index (χ4n) is 1.61. The summed E-state index contributed by atoms with van der Waals surface area (Å²) in [6.07, 6.45) is 2.59. The van der Waals surface area contributed by atoms with Crippen LogP contribution >= 0.6 is 0 Å². The SMILES string of the molecule is COCCNCc1nnc(NCCc2ccccn2)o1. The molecule has 0 amide bonds. The molecule has 0 atom stereocenters. The normalized spacial score (nSPS) is 10.7. The van der Waals surface area contributed by atoms with Gasteiger partial charge in [-0.2, -0.15) is 0 Å². The predicted molar refractivity (Wildman–Crippen MR) is 74.3 cm³/mol. The van der Waals surface area contributed by atoms with E-state index in [1.165, 1.54) is 0 Å². The highest BCUT2D eigenvalue weighted by atomic mass is 16.5. The molecule has 2 rings (SSSR count). The molecule has 0 fully saturated rings. The maximum atomic E-state index is 5.44. The summed E-state index contributed by atoms with van der Waals surface area (Å²) in [5.41, 5.74) is 1.03. The third-order valence-electron chi connectivity index (χ3n) is 2.61. The Kier molecular flexibility index (Phi) is 5.94. The van der Waals surface area contributed by atoms with E-state index < -0.39 is 0 Å². The summed E-state index contributed by atoms with van der Waals surface area (Å²) in [6, 6.07) is 6.29. The van der Waals surface area contributed by atoms with Gasteiger partial charge in [-0.25, -0.2) is 0 Å². The van der Waals surface area contributed by atoms with Gasteiger partial charge in [-0.3, -0.25) is 4.98 Å². The zero-order chi connectivity index (χ0) is 14.0. The van der Waals surface area contributed by atoms with Crippen LogP contribution in [0.2, 0.25) is 0 Å². The average molecular weight is 277 g/mol. The zero-order valence-corrected chi connectivity index (χ0v) is 11.5. The van der Waals surface area contributed by atoms with Gasteiger partial charge in [0.25, 0.3) is 0 Å². The Morgan fingerprint density at radius 2 is 2.20 bits per heavy atom. The van der Waals surface area contributed by atoms with Crippen molar-refractivity contribution in [2.24, 2.45) is 0 Å². The first-order chi connectivity index (χ1) is 9.88. The lowest BCUT2D eigenvalue weighted by Crippen LogP contribution is -2.18. The number of ether oxygens (including phenoxy) is 1. The fourth-order valence-corrected chi connectivity index (χ4v) is 1.61. The van der Waals surface area contributed by atoms with Crippen LogP contribution in [0.3, 0.4) is 0 Å². The summed E-state index contributed by atoms with van der Waals surface area (Å²) in [7, 11) is 1.66. The summed E-state index contributed by atoms with van der Waals surface area (Å²) in [6.45, 7) is 2.65. The molecule has 2 aromatic heterocycles. The monoisotopic (exact) mass is 277 g/mol. The molecular weight excluding hydrogens is 258 g/mol. The van der Waals surface area contributed by atoms with Crippen LogP contribution in [0.5, 0.6) is 0 Å². The second kappa shape index (κ2) is 8.23. The molecule has 0 unspecified atom stereocenters. The molecule has 0 aliphatic carbocycles. The van der Waals surface area contributed by atoms with Crippen LogP contribution in [0.1, 0.15) is 11.6 Å². The summed E-state index contributed by atoms with van der Waals surface area (Å²) in [5.74, 6) is 0.557. The lowest BCUT2D eigenvalue weighted by Gasteiger charge is -2.01. The van der Waals surface area contributed by atoms with E-state index in [9.17, 15) is 0 Å². The van der Waals surface area contributed by atoms with Gasteiger partial charge >= 0.3 is 6.01 Å². The largest absolute Gasteiger partial charge is 0.407 e. The number of hydrogen-bond donors (Lipinski definition) is 2. The summed E-state index contributed by atoms with van der Waals surface area (Å²) in [5, 5.41) is 14.1. The van der Waals surface area contributed by atoms with E-state index in [2.05, 4.69) is 25.8 Å². The van der Waals surface area contributed by atoms with Gasteiger partial charge < -0.3 is 19.8 Å². The number of nitrogens with zero attached hydrogens (tertiary/aromatic N) is 3. The standard InChI is InChI=1S/C13H19N5O2/c1-19-9-8-14-10-12-17-18-13(20-12)16-7-5-11-4-2-3-6-15-11/h2-4,6,14H,5,7-10H2,1H3,(H,16,18). The van der Waals surface area contributed by atoms with Crippen LogP contribution in [-0.4, -0.2) is 42.0 Å². The molecule has 0 radical (unpaired) electrons. The van der Waals surface area contributed by atoms with Gasteiger partial charge in [-0.15, -0.1) is 5.10 Å². The van der Waals surface area contributed by atoms with E-state index in [1.807, 2.05) is 18.2 Å². The summed E-state index contributed by atoms with van der Waals surface area (Å²) in [4.78, 5) is 4.24. The van der Waals surface area contributed by atoms with Gasteiger partial charge in [-0.1, -0.05) is 11.2 Å². The maximum absolute atomic E-state index is 5.44. The number of pyridine rings is 1. The van der Waals surface area contributed by atoms with Gasteiger partial charge in [0.1, 0.15) is 0 Å². The van der Waals surface area contributed by atoms with Crippen molar-refractivity contribution in [1.29, 1.82) is 0 Å². The minimum absolute atomic E-state index is 0.435. The van der Waals surface area contributed by atoms with Crippen molar-refractivity contribution in [3.8, 4) is 0 Å². The second-order valence-corrected chi connectivity index (χ2v) is 4.17. The van der Waals surface area contributed by atoms with Gasteiger partial charge in [0.15, 0.2) is 0 Å². The molecule has 0 saturated heterocycles. The van der Waals surface area contributed by atoms with Crippen LogP contribution in [0.25, 0.3) is 0 Å². The van der Waals surface area contributed by atoms with E-state index in [0.29, 0.717) is 31.6 Å². The Morgan fingerprint density at radius 1 is 1.25 bits per heavy atom. The Bertz CT molecular complexity index is 489. The van der Waals surface area contributed by atoms with Crippen LogP contribution < -0.4 is 10.6 Å². The summed E-state index contributed by atoms with van der Waals surface area (Å²) >= 11 is 0. The first-order valence-corrected chi connectivity index (χ1v) is 6.54. The number of methoxy groups -OCH3 is 1. The Labute approximate surface area is 117 Å². The molecular formula is C13H19N5O2. The molecule has 0 aliphatic rings. The number of anilines is 1. The first-order valence-electron chi connectivity index (χ1n) is 6.54. The van der Waals surface area contributed by atoms with E-state index in [-0.39, 0.29) is 0 Å². The molecule has 2 N–H and O–H groups in total. The Hall–Kier alpha value is -1.99. The second-order valence-electron chi connectivity index (χ2n) is 4.17. The van der Waals surface area contributed by atoms with Crippen LogP contribution in [0.15, 0.2) is 28.8 Å². The molecule has 2 aromatic rings. The van der Waals surface area contributed by atoms with Gasteiger partial charge in [0.05, 0.1) is 13.2 Å². The molecule has 20 heavy (non-hydrogen) atoms. The van der Waals surface area contributed by atoms with Gasteiger partial charge in [0.2, 0.25) is 5.89 Å². The molecule has 108 valence electrons. The average Bonchev–Trinajstić information content (AvgIpc) is 2.93. The third kappa shape index (κ3) is 4.94. The van der Waals surface area contributed by atoms with Crippen molar-refractivity contribution in [2.45, 2.75) is 13.0 Å². The first kappa shape index (κ1) is 14.4. The smallest absolute Gasteiger partial charge is 0.315 e. The maximum Gasteiger partial charge on any atom is 0.315 e. The molecule has 7 nitrogen and oxygen atoms in total. The number of hydrogen-bond acceptors (Lipinski definition) is 7. The zero-order valence-electron chi connectivity index (χ0n) is 11.5. The van der Waals surface area contributed by atoms with Crippen molar-refractivity contribution in [3.05, 3.63) is 36.0 Å². The topological polar surface area (TPSA) is 85.1 Å². The van der Waals surface area contributed by atoms with E-state index >= 15 is 0 Å². The van der Waals surface area contributed by atoms with Crippen LogP contribution in [-0.2, 0) is 17.7 Å². The third-order valence-corrected chi connectivity index (χ3v) is 2.61. The Balaban J connectivity index is 1.67. The van der Waals surface area contributed by atoms with E-state index in [1.54, 1.807) is 13.3 Å². The minimum atomic E-state index is 0.435. The van der Waals surface area contributed by atoms with Crippen molar-refractivity contribution < 1.29 is 9.15 Å². The van der Waals surface area contributed by atoms with Gasteiger partial charge in [-0.05, 0) is 12.1 Å². The molecule has 0 spiro atoms. The molecule has 2 heterocycles. The highest BCUT2D eigenvalue weighted by molar-refractivity contribution is 5.17. The van der Waals surface area contributed by atoms with Crippen LogP contribution in [0, 0.1) is 0 Å².